The number of aromatic nitrogens is 2. The SMILES string of the molecule is Cc1ccc(-n2nc(-c3ccccc3)c3c2N(CC(=O)N2CCOCC2)C(=O)CS[C@H]3c2cccc(Cl)c2)cc1. The van der Waals surface area contributed by atoms with Crippen LogP contribution in [0.2, 0.25) is 5.02 Å². The standard InChI is InChI=1S/C31H29ClN4O3S/c1-21-10-12-25(13-11-21)36-31-28(29(33-36)22-6-3-2-4-7-22)30(23-8-5-9-24(32)18-23)40-20-27(38)35(31)19-26(37)34-14-16-39-17-15-34/h2-13,18,30H,14-17,19-20H2,1H3/t30-/m0/s1. The highest BCUT2D eigenvalue weighted by molar-refractivity contribution is 8.00. The number of fused-ring (bicyclic) bond motifs is 1. The van der Waals surface area contributed by atoms with Gasteiger partial charge in [-0.25, -0.2) is 4.68 Å². The molecule has 6 rings (SSSR count). The van der Waals surface area contributed by atoms with Gasteiger partial charge in [-0.15, -0.1) is 11.8 Å². The first-order chi connectivity index (χ1) is 19.5. The molecule has 0 bridgehead atoms. The zero-order chi connectivity index (χ0) is 27.6. The van der Waals surface area contributed by atoms with Gasteiger partial charge >= 0.3 is 0 Å². The molecule has 1 atom stereocenters. The average Bonchev–Trinajstić information content (AvgIpc) is 3.30. The van der Waals surface area contributed by atoms with E-state index in [1.165, 1.54) is 11.8 Å². The fourth-order valence-corrected chi connectivity index (χ4v) is 6.56. The summed E-state index contributed by atoms with van der Waals surface area (Å²) >= 11 is 7.98. The summed E-state index contributed by atoms with van der Waals surface area (Å²) in [5.74, 6) is 0.589. The van der Waals surface area contributed by atoms with E-state index >= 15 is 0 Å². The summed E-state index contributed by atoms with van der Waals surface area (Å²) < 4.78 is 7.27. The van der Waals surface area contributed by atoms with Crippen LogP contribution in [0.5, 0.6) is 0 Å². The Morgan fingerprint density at radius 2 is 1.77 bits per heavy atom. The zero-order valence-corrected chi connectivity index (χ0v) is 23.7. The molecule has 7 nitrogen and oxygen atoms in total. The summed E-state index contributed by atoms with van der Waals surface area (Å²) in [6.07, 6.45) is 0. The van der Waals surface area contributed by atoms with E-state index in [1.54, 1.807) is 9.80 Å². The Balaban J connectivity index is 1.58. The third-order valence-electron chi connectivity index (χ3n) is 7.22. The number of ether oxygens (including phenoxy) is 1. The number of hydrogen-bond acceptors (Lipinski definition) is 5. The maximum Gasteiger partial charge on any atom is 0.242 e. The summed E-state index contributed by atoms with van der Waals surface area (Å²) in [7, 11) is 0. The zero-order valence-electron chi connectivity index (χ0n) is 22.1. The summed E-state index contributed by atoms with van der Waals surface area (Å²) in [6, 6.07) is 25.8. The monoisotopic (exact) mass is 572 g/mol. The molecule has 0 N–H and O–H groups in total. The fraction of sp³-hybridized carbons (Fsp3) is 0.258. The van der Waals surface area contributed by atoms with Crippen molar-refractivity contribution in [2.75, 3.05) is 43.5 Å². The Morgan fingerprint density at radius 1 is 1.02 bits per heavy atom. The van der Waals surface area contributed by atoms with Crippen LogP contribution in [0.1, 0.15) is 21.9 Å². The number of amides is 2. The van der Waals surface area contributed by atoms with Crippen LogP contribution >= 0.6 is 23.4 Å². The van der Waals surface area contributed by atoms with Gasteiger partial charge in [-0.3, -0.25) is 14.5 Å². The van der Waals surface area contributed by atoms with Crippen LogP contribution in [0.4, 0.5) is 5.82 Å². The van der Waals surface area contributed by atoms with E-state index < -0.39 is 0 Å². The highest BCUT2D eigenvalue weighted by Gasteiger charge is 2.38. The normalized spacial score (nSPS) is 17.4. The number of rotatable bonds is 5. The molecule has 1 saturated heterocycles. The van der Waals surface area contributed by atoms with Gasteiger partial charge in [0.25, 0.3) is 0 Å². The largest absolute Gasteiger partial charge is 0.378 e. The first-order valence-electron chi connectivity index (χ1n) is 13.3. The third-order valence-corrected chi connectivity index (χ3v) is 8.71. The Kier molecular flexibility index (Phi) is 7.65. The number of benzene rings is 3. The number of aryl methyl sites for hydroxylation is 1. The van der Waals surface area contributed by atoms with E-state index in [1.807, 2.05) is 90.5 Å². The fourth-order valence-electron chi connectivity index (χ4n) is 5.18. The van der Waals surface area contributed by atoms with Crippen molar-refractivity contribution in [3.8, 4) is 16.9 Å². The van der Waals surface area contributed by atoms with Gasteiger partial charge in [0, 0.05) is 29.2 Å². The second kappa shape index (κ2) is 11.5. The molecule has 3 aromatic carbocycles. The van der Waals surface area contributed by atoms with Crippen molar-refractivity contribution < 1.29 is 14.3 Å². The Bertz CT molecular complexity index is 1530. The van der Waals surface area contributed by atoms with Gasteiger partial charge in [0.2, 0.25) is 11.8 Å². The minimum Gasteiger partial charge on any atom is -0.378 e. The molecular formula is C31H29ClN4O3S. The summed E-state index contributed by atoms with van der Waals surface area (Å²) in [5.41, 5.74) is 5.51. The van der Waals surface area contributed by atoms with Crippen LogP contribution in [0.15, 0.2) is 78.9 Å². The van der Waals surface area contributed by atoms with Crippen LogP contribution in [-0.4, -0.2) is 65.1 Å². The lowest BCUT2D eigenvalue weighted by Gasteiger charge is -2.30. The van der Waals surface area contributed by atoms with Crippen LogP contribution in [0.3, 0.4) is 0 Å². The number of carbonyl (C=O) groups is 2. The molecule has 1 fully saturated rings. The lowest BCUT2D eigenvalue weighted by atomic mass is 9.99. The lowest BCUT2D eigenvalue weighted by molar-refractivity contribution is -0.134. The molecule has 0 spiro atoms. The molecule has 3 heterocycles. The van der Waals surface area contributed by atoms with Gasteiger partial charge in [-0.05, 0) is 36.8 Å². The van der Waals surface area contributed by atoms with E-state index in [0.29, 0.717) is 37.1 Å². The van der Waals surface area contributed by atoms with E-state index in [2.05, 4.69) is 0 Å². The number of anilines is 1. The molecule has 0 radical (unpaired) electrons. The summed E-state index contributed by atoms with van der Waals surface area (Å²) in [5, 5.41) is 5.54. The topological polar surface area (TPSA) is 67.7 Å². The van der Waals surface area contributed by atoms with Crippen molar-refractivity contribution in [1.82, 2.24) is 14.7 Å². The van der Waals surface area contributed by atoms with Crippen molar-refractivity contribution in [1.29, 1.82) is 0 Å². The molecule has 2 amide bonds. The molecule has 2 aliphatic rings. The smallest absolute Gasteiger partial charge is 0.242 e. The van der Waals surface area contributed by atoms with Crippen LogP contribution < -0.4 is 4.90 Å². The van der Waals surface area contributed by atoms with Crippen molar-refractivity contribution in [3.05, 3.63) is 101 Å². The molecule has 4 aromatic rings. The molecule has 0 unspecified atom stereocenters. The van der Waals surface area contributed by atoms with Crippen molar-refractivity contribution in [2.45, 2.75) is 12.2 Å². The van der Waals surface area contributed by atoms with Gasteiger partial charge in [0.05, 0.1) is 35.6 Å². The minimum atomic E-state index is -0.226. The molecule has 204 valence electrons. The van der Waals surface area contributed by atoms with Crippen LogP contribution in [-0.2, 0) is 14.3 Å². The van der Waals surface area contributed by atoms with E-state index in [9.17, 15) is 9.59 Å². The highest BCUT2D eigenvalue weighted by Crippen LogP contribution is 2.48. The van der Waals surface area contributed by atoms with Crippen molar-refractivity contribution in [2.24, 2.45) is 0 Å². The maximum atomic E-state index is 13.9. The van der Waals surface area contributed by atoms with Crippen molar-refractivity contribution >= 4 is 41.0 Å². The van der Waals surface area contributed by atoms with E-state index in [4.69, 9.17) is 21.4 Å². The molecule has 0 aliphatic carbocycles. The molecule has 2 aliphatic heterocycles. The number of morpholine rings is 1. The van der Waals surface area contributed by atoms with Gasteiger partial charge < -0.3 is 9.64 Å². The van der Waals surface area contributed by atoms with Gasteiger partial charge in [0.1, 0.15) is 12.4 Å². The van der Waals surface area contributed by atoms with Gasteiger partial charge in [-0.1, -0.05) is 71.8 Å². The first kappa shape index (κ1) is 26.6. The number of halogens is 1. The highest BCUT2D eigenvalue weighted by atomic mass is 35.5. The Morgan fingerprint density at radius 3 is 2.50 bits per heavy atom. The van der Waals surface area contributed by atoms with E-state index in [0.717, 1.165) is 33.6 Å². The molecular weight excluding hydrogens is 544 g/mol. The van der Waals surface area contributed by atoms with Crippen molar-refractivity contribution in [3.63, 3.8) is 0 Å². The number of thioether (sulfide) groups is 1. The molecule has 9 heteroatoms. The molecule has 1 aromatic heterocycles. The predicted molar refractivity (Wildman–Crippen MR) is 159 cm³/mol. The van der Waals surface area contributed by atoms with Crippen LogP contribution in [0.25, 0.3) is 16.9 Å². The van der Waals surface area contributed by atoms with Crippen LogP contribution in [0, 0.1) is 6.92 Å². The number of hydrogen-bond donors (Lipinski definition) is 0. The summed E-state index contributed by atoms with van der Waals surface area (Å²) in [6.45, 7) is 3.99. The number of carbonyl (C=O) groups excluding carboxylic acids is 2. The molecule has 0 saturated carbocycles. The third kappa shape index (κ3) is 5.27. The number of nitrogens with zero attached hydrogens (tertiary/aromatic N) is 4. The predicted octanol–water partition coefficient (Wildman–Crippen LogP) is 5.53. The minimum absolute atomic E-state index is 0.0690. The maximum absolute atomic E-state index is 13.9. The summed E-state index contributed by atoms with van der Waals surface area (Å²) in [4.78, 5) is 30.8. The Labute approximate surface area is 242 Å². The quantitative estimate of drug-likeness (QED) is 0.315. The second-order valence-electron chi connectivity index (χ2n) is 9.92. The van der Waals surface area contributed by atoms with Gasteiger partial charge in [0.15, 0.2) is 0 Å². The second-order valence-corrected chi connectivity index (χ2v) is 11.4. The van der Waals surface area contributed by atoms with Gasteiger partial charge in [-0.2, -0.15) is 5.10 Å². The average molecular weight is 573 g/mol. The Hall–Kier alpha value is -3.59. The first-order valence-corrected chi connectivity index (χ1v) is 14.7. The lowest BCUT2D eigenvalue weighted by Crippen LogP contribution is -2.48. The van der Waals surface area contributed by atoms with E-state index in [-0.39, 0.29) is 29.4 Å². The molecule has 40 heavy (non-hydrogen) atoms.